The Morgan fingerprint density at radius 2 is 1.52 bits per heavy atom. The molecule has 2 N–H and O–H groups in total. The van der Waals surface area contributed by atoms with Crippen molar-refractivity contribution >= 4 is 23.2 Å². The Bertz CT molecular complexity index is 1720. The maximum atomic E-state index is 9.86. The van der Waals surface area contributed by atoms with Gasteiger partial charge in [-0.3, -0.25) is 14.8 Å². The van der Waals surface area contributed by atoms with E-state index >= 15 is 0 Å². The van der Waals surface area contributed by atoms with Crippen LogP contribution in [0.2, 0.25) is 10.0 Å². The second kappa shape index (κ2) is 11.9. The SMILES string of the molecule is COc1cc(-c2cccc(-c3cccc(-c4cnc(CN5CC(O)C5)c(OC)n4)c3Cl)c2Cl)cc2c1[C@H](N1CC(O)C1)CC2. The Hall–Kier alpha value is -3.24. The Morgan fingerprint density at radius 3 is 2.18 bits per heavy atom. The number of hydrogen-bond acceptors (Lipinski definition) is 8. The van der Waals surface area contributed by atoms with E-state index in [0.29, 0.717) is 60.0 Å². The molecule has 2 fully saturated rings. The van der Waals surface area contributed by atoms with Gasteiger partial charge in [-0.2, -0.15) is 0 Å². The van der Waals surface area contributed by atoms with Gasteiger partial charge in [0.15, 0.2) is 0 Å². The van der Waals surface area contributed by atoms with E-state index in [2.05, 4.69) is 26.9 Å². The summed E-state index contributed by atoms with van der Waals surface area (Å²) in [6.45, 7) is 3.19. The van der Waals surface area contributed by atoms with Crippen LogP contribution in [0.15, 0.2) is 54.7 Å². The predicted molar refractivity (Wildman–Crippen MR) is 171 cm³/mol. The number of rotatable bonds is 8. The summed E-state index contributed by atoms with van der Waals surface area (Å²) in [6.07, 6.45) is 3.14. The summed E-state index contributed by atoms with van der Waals surface area (Å²) in [4.78, 5) is 13.8. The van der Waals surface area contributed by atoms with Crippen LogP contribution in [0.25, 0.3) is 33.5 Å². The van der Waals surface area contributed by atoms with Crippen LogP contribution in [0.1, 0.15) is 29.3 Å². The third-order valence-electron chi connectivity index (χ3n) is 8.99. The Kier molecular flexibility index (Phi) is 7.99. The number of aliphatic hydroxyl groups is 2. The predicted octanol–water partition coefficient (Wildman–Crippen LogP) is 5.64. The molecule has 1 aliphatic carbocycles. The first-order valence-electron chi connectivity index (χ1n) is 14.9. The average molecular weight is 634 g/mol. The lowest BCUT2D eigenvalue weighted by atomic mass is 9.94. The van der Waals surface area contributed by atoms with Gasteiger partial charge in [-0.25, -0.2) is 4.98 Å². The second-order valence-corrected chi connectivity index (χ2v) is 12.6. The zero-order chi connectivity index (χ0) is 30.5. The number of β-amino-alcohol motifs (C(OH)–C–C–N with tert-alkyl or cyclic N) is 2. The number of aromatic nitrogens is 2. The highest BCUT2D eigenvalue weighted by Gasteiger charge is 2.37. The zero-order valence-corrected chi connectivity index (χ0v) is 26.1. The van der Waals surface area contributed by atoms with Crippen molar-refractivity contribution in [3.8, 4) is 45.1 Å². The Labute approximate surface area is 266 Å². The van der Waals surface area contributed by atoms with Crippen molar-refractivity contribution in [2.24, 2.45) is 0 Å². The van der Waals surface area contributed by atoms with Crippen LogP contribution in [0.5, 0.6) is 11.6 Å². The molecule has 8 nitrogen and oxygen atoms in total. The number of methoxy groups -OCH3 is 2. The number of hydrogen-bond donors (Lipinski definition) is 2. The molecule has 2 saturated heterocycles. The summed E-state index contributed by atoms with van der Waals surface area (Å²) in [7, 11) is 3.29. The van der Waals surface area contributed by atoms with Crippen molar-refractivity contribution in [1.82, 2.24) is 19.8 Å². The summed E-state index contributed by atoms with van der Waals surface area (Å²) in [5.41, 5.74) is 8.01. The minimum atomic E-state index is -0.289. The van der Waals surface area contributed by atoms with Gasteiger partial charge in [0.1, 0.15) is 11.4 Å². The summed E-state index contributed by atoms with van der Waals surface area (Å²) in [5, 5.41) is 20.6. The standard InChI is InChI=1S/C34H34Cl2N4O4/c1-43-30-12-20(11-19-9-10-29(31(19)30)40-16-22(42)17-40)23-5-3-6-24(32(23)35)25-7-4-8-26(33(25)36)27-13-37-28(34(38-27)44-2)18-39-14-21(41)15-39/h3-8,11-13,21-22,29,41-42H,9-10,14-18H2,1-2H3/t29-/m1/s1. The van der Waals surface area contributed by atoms with Gasteiger partial charge in [-0.1, -0.05) is 65.7 Å². The van der Waals surface area contributed by atoms with Crippen molar-refractivity contribution < 1.29 is 19.7 Å². The molecule has 7 rings (SSSR count). The highest BCUT2D eigenvalue weighted by molar-refractivity contribution is 6.39. The highest BCUT2D eigenvalue weighted by atomic mass is 35.5. The molecule has 0 saturated carbocycles. The number of benzene rings is 3. The minimum Gasteiger partial charge on any atom is -0.496 e. The lowest BCUT2D eigenvalue weighted by Gasteiger charge is -2.41. The lowest BCUT2D eigenvalue weighted by Crippen LogP contribution is -2.51. The number of likely N-dealkylation sites (tertiary alicyclic amines) is 2. The second-order valence-electron chi connectivity index (χ2n) is 11.8. The molecule has 0 bridgehead atoms. The first-order chi connectivity index (χ1) is 21.3. The van der Waals surface area contributed by atoms with Gasteiger partial charge in [0.05, 0.1) is 48.4 Å². The van der Waals surface area contributed by atoms with Crippen LogP contribution >= 0.6 is 23.2 Å². The molecule has 0 amide bonds. The summed E-state index contributed by atoms with van der Waals surface area (Å²) < 4.78 is 11.5. The van der Waals surface area contributed by atoms with Crippen LogP contribution in [-0.2, 0) is 13.0 Å². The maximum Gasteiger partial charge on any atom is 0.237 e. The largest absolute Gasteiger partial charge is 0.496 e. The molecule has 10 heteroatoms. The quantitative estimate of drug-likeness (QED) is 0.258. The van der Waals surface area contributed by atoms with Crippen molar-refractivity contribution in [2.45, 2.75) is 37.6 Å². The molecule has 3 aliphatic rings. The lowest BCUT2D eigenvalue weighted by molar-refractivity contribution is -0.0255. The molecule has 0 spiro atoms. The molecule has 4 aromatic rings. The summed E-state index contributed by atoms with van der Waals surface area (Å²) >= 11 is 14.2. The van der Waals surface area contributed by atoms with E-state index in [-0.39, 0.29) is 18.2 Å². The first kappa shape index (κ1) is 29.5. The molecule has 0 radical (unpaired) electrons. The number of aryl methyl sites for hydroxylation is 1. The number of nitrogens with zero attached hydrogens (tertiary/aromatic N) is 4. The van der Waals surface area contributed by atoms with Gasteiger partial charge < -0.3 is 19.7 Å². The molecule has 0 unspecified atom stereocenters. The topological polar surface area (TPSA) is 91.2 Å². The molecule has 1 atom stereocenters. The zero-order valence-electron chi connectivity index (χ0n) is 24.6. The van der Waals surface area contributed by atoms with Crippen molar-refractivity contribution in [3.05, 3.63) is 81.6 Å². The molecule has 3 aromatic carbocycles. The fourth-order valence-corrected chi connectivity index (χ4v) is 7.38. The molecule has 2 aliphatic heterocycles. The van der Waals surface area contributed by atoms with E-state index in [4.69, 9.17) is 37.7 Å². The number of halogens is 2. The highest BCUT2D eigenvalue weighted by Crippen LogP contribution is 2.47. The van der Waals surface area contributed by atoms with Gasteiger partial charge in [0.2, 0.25) is 5.88 Å². The fourth-order valence-electron chi connectivity index (χ4n) is 6.72. The number of ether oxygens (including phenoxy) is 2. The fraction of sp³-hybridized carbons (Fsp3) is 0.353. The molecule has 44 heavy (non-hydrogen) atoms. The van der Waals surface area contributed by atoms with E-state index in [0.717, 1.165) is 46.4 Å². The van der Waals surface area contributed by atoms with Gasteiger partial charge >= 0.3 is 0 Å². The van der Waals surface area contributed by atoms with E-state index in [1.165, 1.54) is 11.1 Å². The van der Waals surface area contributed by atoms with Crippen molar-refractivity contribution in [1.29, 1.82) is 0 Å². The minimum absolute atomic E-state index is 0.240. The molecule has 3 heterocycles. The van der Waals surface area contributed by atoms with E-state index in [9.17, 15) is 10.2 Å². The number of fused-ring (bicyclic) bond motifs is 1. The summed E-state index contributed by atoms with van der Waals surface area (Å²) in [5.74, 6) is 1.28. The van der Waals surface area contributed by atoms with Crippen LogP contribution < -0.4 is 9.47 Å². The smallest absolute Gasteiger partial charge is 0.237 e. The third-order valence-corrected chi connectivity index (χ3v) is 9.80. The molecular weight excluding hydrogens is 599 g/mol. The molecule has 1 aromatic heterocycles. The first-order valence-corrected chi connectivity index (χ1v) is 15.6. The Balaban J connectivity index is 1.22. The normalized spacial score (nSPS) is 19.0. The van der Waals surface area contributed by atoms with E-state index < -0.39 is 0 Å². The van der Waals surface area contributed by atoms with E-state index in [1.807, 2.05) is 36.4 Å². The molecular formula is C34H34Cl2N4O4. The van der Waals surface area contributed by atoms with Crippen molar-refractivity contribution in [2.75, 3.05) is 40.4 Å². The molecule has 228 valence electrons. The summed E-state index contributed by atoms with van der Waals surface area (Å²) in [6, 6.07) is 16.4. The number of aliphatic hydroxyl groups excluding tert-OH is 2. The average Bonchev–Trinajstić information content (AvgIpc) is 3.42. The van der Waals surface area contributed by atoms with Gasteiger partial charge in [0, 0.05) is 66.6 Å². The van der Waals surface area contributed by atoms with Crippen LogP contribution in [0.4, 0.5) is 0 Å². The Morgan fingerprint density at radius 1 is 0.864 bits per heavy atom. The van der Waals surface area contributed by atoms with Gasteiger partial charge in [0.25, 0.3) is 0 Å². The van der Waals surface area contributed by atoms with Crippen LogP contribution in [-0.4, -0.2) is 82.6 Å². The van der Waals surface area contributed by atoms with Crippen LogP contribution in [0.3, 0.4) is 0 Å². The van der Waals surface area contributed by atoms with E-state index in [1.54, 1.807) is 20.4 Å². The third kappa shape index (κ3) is 5.23. The maximum absolute atomic E-state index is 9.86. The van der Waals surface area contributed by atoms with Gasteiger partial charge in [-0.05, 0) is 30.0 Å². The monoisotopic (exact) mass is 632 g/mol. The van der Waals surface area contributed by atoms with Gasteiger partial charge in [-0.15, -0.1) is 0 Å². The van der Waals surface area contributed by atoms with Crippen LogP contribution in [0, 0.1) is 0 Å². The van der Waals surface area contributed by atoms with Crippen molar-refractivity contribution in [3.63, 3.8) is 0 Å².